The third kappa shape index (κ3) is 5.29. The van der Waals surface area contributed by atoms with Crippen LogP contribution in [0.25, 0.3) is 0 Å². The molecule has 1 rings (SSSR count). The number of carbonyl (C=O) groups excluding carboxylic acids is 1. The molecule has 0 radical (unpaired) electrons. The second kappa shape index (κ2) is 8.47. The molecule has 1 aromatic heterocycles. The number of hydrogen-bond donors (Lipinski definition) is 1. The van der Waals surface area contributed by atoms with Gasteiger partial charge >= 0.3 is 0 Å². The standard InChI is InChI=1S/C15H26BrN3O/c1-5-8-19-11-13(16)10-14(19)15(20)17-7-6-9-18(4)12(2)3/h10-12H,5-9H2,1-4H3,(H,17,20). The van der Waals surface area contributed by atoms with Crippen LogP contribution in [0.15, 0.2) is 16.7 Å². The van der Waals surface area contributed by atoms with Gasteiger partial charge in [-0.1, -0.05) is 6.92 Å². The predicted molar refractivity (Wildman–Crippen MR) is 87.1 cm³/mol. The van der Waals surface area contributed by atoms with Crippen molar-refractivity contribution in [2.24, 2.45) is 0 Å². The molecule has 0 spiro atoms. The molecule has 1 aromatic rings. The molecule has 0 atom stereocenters. The Hall–Kier alpha value is -0.810. The van der Waals surface area contributed by atoms with Crippen molar-refractivity contribution in [3.05, 3.63) is 22.4 Å². The van der Waals surface area contributed by atoms with E-state index in [2.05, 4.69) is 54.0 Å². The fraction of sp³-hybridized carbons (Fsp3) is 0.667. The molecule has 0 unspecified atom stereocenters. The molecule has 4 nitrogen and oxygen atoms in total. The molecule has 1 N–H and O–H groups in total. The number of hydrogen-bond acceptors (Lipinski definition) is 2. The second-order valence-corrected chi connectivity index (χ2v) is 6.34. The van der Waals surface area contributed by atoms with E-state index in [0.29, 0.717) is 12.6 Å². The van der Waals surface area contributed by atoms with Gasteiger partial charge in [-0.3, -0.25) is 4.79 Å². The summed E-state index contributed by atoms with van der Waals surface area (Å²) in [6.45, 7) is 9.03. The molecular weight excluding hydrogens is 318 g/mol. The van der Waals surface area contributed by atoms with E-state index < -0.39 is 0 Å². The van der Waals surface area contributed by atoms with Gasteiger partial charge in [0.15, 0.2) is 0 Å². The van der Waals surface area contributed by atoms with Crippen molar-refractivity contribution >= 4 is 21.8 Å². The number of aryl methyl sites for hydroxylation is 1. The molecule has 5 heteroatoms. The maximum absolute atomic E-state index is 12.2. The molecule has 20 heavy (non-hydrogen) atoms. The third-order valence-electron chi connectivity index (χ3n) is 3.42. The number of rotatable bonds is 8. The number of aromatic nitrogens is 1. The van der Waals surface area contributed by atoms with E-state index in [9.17, 15) is 4.79 Å². The van der Waals surface area contributed by atoms with E-state index in [4.69, 9.17) is 0 Å². The van der Waals surface area contributed by atoms with Crippen molar-refractivity contribution < 1.29 is 4.79 Å². The largest absolute Gasteiger partial charge is 0.351 e. The predicted octanol–water partition coefficient (Wildman–Crippen LogP) is 3.12. The number of carbonyl (C=O) groups is 1. The minimum absolute atomic E-state index is 0.0105. The summed E-state index contributed by atoms with van der Waals surface area (Å²) in [5.41, 5.74) is 0.732. The summed E-state index contributed by atoms with van der Waals surface area (Å²) in [7, 11) is 2.11. The van der Waals surface area contributed by atoms with Gasteiger partial charge in [0.25, 0.3) is 5.91 Å². The molecule has 0 aliphatic carbocycles. The Kier molecular flexibility index (Phi) is 7.30. The molecule has 1 heterocycles. The highest BCUT2D eigenvalue weighted by atomic mass is 79.9. The Morgan fingerprint density at radius 1 is 1.50 bits per heavy atom. The Morgan fingerprint density at radius 2 is 2.20 bits per heavy atom. The quantitative estimate of drug-likeness (QED) is 0.736. The van der Waals surface area contributed by atoms with E-state index in [1.54, 1.807) is 0 Å². The SMILES string of the molecule is CCCn1cc(Br)cc1C(=O)NCCCN(C)C(C)C. The van der Waals surface area contributed by atoms with Crippen LogP contribution < -0.4 is 5.32 Å². The van der Waals surface area contributed by atoms with Crippen LogP contribution in [-0.2, 0) is 6.54 Å². The zero-order chi connectivity index (χ0) is 15.1. The molecule has 114 valence electrons. The average Bonchev–Trinajstić information content (AvgIpc) is 2.75. The number of amides is 1. The lowest BCUT2D eigenvalue weighted by atomic mass is 10.3. The summed E-state index contributed by atoms with van der Waals surface area (Å²) < 4.78 is 2.95. The topological polar surface area (TPSA) is 37.3 Å². The molecule has 0 aliphatic rings. The van der Waals surface area contributed by atoms with Gasteiger partial charge in [-0.2, -0.15) is 0 Å². The summed E-state index contributed by atoms with van der Waals surface area (Å²) >= 11 is 3.43. The van der Waals surface area contributed by atoms with Gasteiger partial charge < -0.3 is 14.8 Å². The molecule has 0 aromatic carbocycles. The number of nitrogens with one attached hydrogen (secondary N) is 1. The van der Waals surface area contributed by atoms with Crippen LogP contribution in [0.2, 0.25) is 0 Å². The highest BCUT2D eigenvalue weighted by Crippen LogP contribution is 2.15. The average molecular weight is 344 g/mol. The lowest BCUT2D eigenvalue weighted by Gasteiger charge is -2.20. The minimum atomic E-state index is 0.0105. The second-order valence-electron chi connectivity index (χ2n) is 5.42. The van der Waals surface area contributed by atoms with Gasteiger partial charge in [-0.15, -0.1) is 0 Å². The summed E-state index contributed by atoms with van der Waals surface area (Å²) in [6.07, 6.45) is 3.95. The summed E-state index contributed by atoms with van der Waals surface area (Å²) in [4.78, 5) is 14.4. The molecule has 1 amide bonds. The third-order valence-corrected chi connectivity index (χ3v) is 3.85. The van der Waals surface area contributed by atoms with Crippen molar-refractivity contribution in [1.29, 1.82) is 0 Å². The molecular formula is C15H26BrN3O. The maximum Gasteiger partial charge on any atom is 0.267 e. The van der Waals surface area contributed by atoms with E-state index in [1.807, 2.05) is 16.8 Å². The van der Waals surface area contributed by atoms with Crippen molar-refractivity contribution in [3.8, 4) is 0 Å². The van der Waals surface area contributed by atoms with Gasteiger partial charge in [0.1, 0.15) is 5.69 Å². The summed E-state index contributed by atoms with van der Waals surface area (Å²) in [5.74, 6) is 0.0105. The van der Waals surface area contributed by atoms with E-state index in [1.165, 1.54) is 0 Å². The van der Waals surface area contributed by atoms with Gasteiger partial charge in [0, 0.05) is 29.8 Å². The van der Waals surface area contributed by atoms with Crippen LogP contribution in [0, 0.1) is 0 Å². The van der Waals surface area contributed by atoms with Gasteiger partial charge in [0.2, 0.25) is 0 Å². The van der Waals surface area contributed by atoms with E-state index in [0.717, 1.165) is 36.1 Å². The molecule has 0 fully saturated rings. The van der Waals surface area contributed by atoms with Crippen LogP contribution in [0.3, 0.4) is 0 Å². The minimum Gasteiger partial charge on any atom is -0.351 e. The Labute approximate surface area is 130 Å². The molecule has 0 aliphatic heterocycles. The maximum atomic E-state index is 12.2. The monoisotopic (exact) mass is 343 g/mol. The van der Waals surface area contributed by atoms with Crippen LogP contribution >= 0.6 is 15.9 Å². The highest BCUT2D eigenvalue weighted by Gasteiger charge is 2.12. The van der Waals surface area contributed by atoms with Gasteiger partial charge in [0.05, 0.1) is 0 Å². The van der Waals surface area contributed by atoms with Gasteiger partial charge in [-0.25, -0.2) is 0 Å². The molecule has 0 saturated heterocycles. The van der Waals surface area contributed by atoms with Crippen LogP contribution in [-0.4, -0.2) is 41.6 Å². The zero-order valence-corrected chi connectivity index (χ0v) is 14.5. The summed E-state index contributed by atoms with van der Waals surface area (Å²) in [5, 5.41) is 3.00. The van der Waals surface area contributed by atoms with Crippen LogP contribution in [0.4, 0.5) is 0 Å². The fourth-order valence-electron chi connectivity index (χ4n) is 1.97. The highest BCUT2D eigenvalue weighted by molar-refractivity contribution is 9.10. The van der Waals surface area contributed by atoms with E-state index in [-0.39, 0.29) is 5.91 Å². The summed E-state index contributed by atoms with van der Waals surface area (Å²) in [6, 6.07) is 2.43. The smallest absolute Gasteiger partial charge is 0.267 e. The first-order valence-electron chi connectivity index (χ1n) is 7.29. The first-order valence-corrected chi connectivity index (χ1v) is 8.09. The first kappa shape index (κ1) is 17.2. The molecule has 0 bridgehead atoms. The fourth-order valence-corrected chi connectivity index (χ4v) is 2.43. The normalized spacial score (nSPS) is 11.3. The Bertz CT molecular complexity index is 429. The van der Waals surface area contributed by atoms with Crippen molar-refractivity contribution in [2.45, 2.75) is 46.2 Å². The zero-order valence-electron chi connectivity index (χ0n) is 12.9. The van der Waals surface area contributed by atoms with Crippen molar-refractivity contribution in [2.75, 3.05) is 20.1 Å². The lowest BCUT2D eigenvalue weighted by molar-refractivity contribution is 0.0942. The van der Waals surface area contributed by atoms with Gasteiger partial charge in [-0.05, 0) is 62.3 Å². The van der Waals surface area contributed by atoms with Crippen molar-refractivity contribution in [3.63, 3.8) is 0 Å². The van der Waals surface area contributed by atoms with Crippen molar-refractivity contribution in [1.82, 2.24) is 14.8 Å². The Morgan fingerprint density at radius 3 is 2.80 bits per heavy atom. The lowest BCUT2D eigenvalue weighted by Crippen LogP contribution is -2.32. The first-order chi connectivity index (χ1) is 9.45. The number of halogens is 1. The van der Waals surface area contributed by atoms with Crippen LogP contribution in [0.5, 0.6) is 0 Å². The Balaban J connectivity index is 2.43. The van der Waals surface area contributed by atoms with E-state index >= 15 is 0 Å². The number of nitrogens with zero attached hydrogens (tertiary/aromatic N) is 2. The van der Waals surface area contributed by atoms with Crippen LogP contribution in [0.1, 0.15) is 44.1 Å². The molecule has 0 saturated carbocycles.